The van der Waals surface area contributed by atoms with E-state index in [1.165, 1.54) is 12.1 Å². The van der Waals surface area contributed by atoms with Crippen LogP contribution in [0.5, 0.6) is 5.75 Å². The Kier molecular flexibility index (Phi) is 8.65. The fraction of sp³-hybridized carbons (Fsp3) is 0.476. The first kappa shape index (κ1) is 26.8. The molecule has 0 bridgehead atoms. The van der Waals surface area contributed by atoms with Gasteiger partial charge in [-0.3, -0.25) is 23.7 Å². The number of aliphatic carboxylic acids is 1. The highest BCUT2D eigenvalue weighted by atomic mass is 31.2. The van der Waals surface area contributed by atoms with Gasteiger partial charge in [0.2, 0.25) is 0 Å². The molecule has 1 fully saturated rings. The summed E-state index contributed by atoms with van der Waals surface area (Å²) >= 11 is 0. The van der Waals surface area contributed by atoms with Gasteiger partial charge in [0.05, 0.1) is 6.61 Å². The molecule has 13 nitrogen and oxygen atoms in total. The van der Waals surface area contributed by atoms with Crippen LogP contribution >= 0.6 is 7.75 Å². The number of aliphatic hydroxyl groups is 2. The zero-order chi connectivity index (χ0) is 25.8. The number of para-hydroxylation sites is 1. The second-order valence-electron chi connectivity index (χ2n) is 8.41. The van der Waals surface area contributed by atoms with E-state index in [1.807, 2.05) is 4.98 Å². The number of carboxylic acid groups (broad SMARTS) is 1. The number of aromatic amines is 1. The van der Waals surface area contributed by atoms with Crippen molar-refractivity contribution < 1.29 is 38.5 Å². The minimum absolute atomic E-state index is 0.0553. The van der Waals surface area contributed by atoms with Gasteiger partial charge >= 0.3 is 19.4 Å². The minimum atomic E-state index is -4.33. The predicted molar refractivity (Wildman–Crippen MR) is 122 cm³/mol. The largest absolute Gasteiger partial charge is 0.480 e. The van der Waals surface area contributed by atoms with Gasteiger partial charge in [0.15, 0.2) is 6.23 Å². The molecule has 35 heavy (non-hydrogen) atoms. The number of hydrogen-bond acceptors (Lipinski definition) is 9. The first-order valence-corrected chi connectivity index (χ1v) is 12.4. The van der Waals surface area contributed by atoms with Crippen LogP contribution in [0.1, 0.15) is 26.5 Å². The van der Waals surface area contributed by atoms with Crippen molar-refractivity contribution in [2.45, 2.75) is 50.8 Å². The first-order valence-electron chi connectivity index (χ1n) is 10.8. The molecule has 1 aromatic heterocycles. The van der Waals surface area contributed by atoms with Gasteiger partial charge < -0.3 is 24.6 Å². The standard InChI is InChI=1S/C21H28N3O10P/c1-12(2)10-14(20(28)29)23-35(31,34-13-6-4-3-5-7-13)32-11-15-17(26)18(27)19(33-15)24-9-8-16(25)22-21(24)30/h3-9,12,14-15,17-19,26-27H,10-11H2,1-2H3,(H,23,31)(H,28,29)(H,22,25,30)/t14-,15+,17+,18+,19+,35?/m0/s1. The summed E-state index contributed by atoms with van der Waals surface area (Å²) in [4.78, 5) is 37.1. The van der Waals surface area contributed by atoms with Gasteiger partial charge in [0.25, 0.3) is 5.56 Å². The number of nitrogens with one attached hydrogen (secondary N) is 2. The summed E-state index contributed by atoms with van der Waals surface area (Å²) in [5.41, 5.74) is -1.52. The van der Waals surface area contributed by atoms with Crippen LogP contribution in [0.25, 0.3) is 0 Å². The average molecular weight is 513 g/mol. The molecule has 1 aliphatic heterocycles. The number of ether oxygens (including phenoxy) is 1. The molecule has 0 aliphatic carbocycles. The highest BCUT2D eigenvalue weighted by Crippen LogP contribution is 2.46. The first-order chi connectivity index (χ1) is 16.5. The Morgan fingerprint density at radius 3 is 2.49 bits per heavy atom. The maximum absolute atomic E-state index is 13.6. The third-order valence-corrected chi connectivity index (χ3v) is 6.73. The molecule has 1 saturated heterocycles. The van der Waals surface area contributed by atoms with E-state index < -0.39 is 62.2 Å². The quantitative estimate of drug-likeness (QED) is 0.262. The minimum Gasteiger partial charge on any atom is -0.480 e. The maximum Gasteiger partial charge on any atom is 0.459 e. The highest BCUT2D eigenvalue weighted by molar-refractivity contribution is 7.52. The van der Waals surface area contributed by atoms with Gasteiger partial charge in [-0.15, -0.1) is 0 Å². The summed E-state index contributed by atoms with van der Waals surface area (Å²) in [6.07, 6.45) is -4.55. The number of aromatic nitrogens is 2. The lowest BCUT2D eigenvalue weighted by Gasteiger charge is -2.25. The van der Waals surface area contributed by atoms with Crippen molar-refractivity contribution >= 4 is 13.7 Å². The van der Waals surface area contributed by atoms with Crippen molar-refractivity contribution in [3.05, 3.63) is 63.4 Å². The van der Waals surface area contributed by atoms with Crippen LogP contribution in [0.3, 0.4) is 0 Å². The molecular formula is C21H28N3O10P. The highest BCUT2D eigenvalue weighted by Gasteiger charge is 2.46. The van der Waals surface area contributed by atoms with Gasteiger partial charge in [0.1, 0.15) is 30.1 Å². The van der Waals surface area contributed by atoms with Gasteiger partial charge in [-0.1, -0.05) is 32.0 Å². The number of aliphatic hydroxyl groups excluding tert-OH is 2. The number of carboxylic acids is 1. The third-order valence-electron chi connectivity index (χ3n) is 5.16. The molecule has 0 amide bonds. The van der Waals surface area contributed by atoms with Crippen molar-refractivity contribution in [1.29, 1.82) is 0 Å². The zero-order valence-corrected chi connectivity index (χ0v) is 19.9. The third kappa shape index (κ3) is 6.88. The zero-order valence-electron chi connectivity index (χ0n) is 19.0. The van der Waals surface area contributed by atoms with Crippen molar-refractivity contribution in [1.82, 2.24) is 14.6 Å². The number of hydrogen-bond donors (Lipinski definition) is 5. The second-order valence-corrected chi connectivity index (χ2v) is 10.1. The number of benzene rings is 1. The van der Waals surface area contributed by atoms with Crippen molar-refractivity contribution in [2.24, 2.45) is 5.92 Å². The number of nitrogens with zero attached hydrogens (tertiary/aromatic N) is 1. The number of carbonyl (C=O) groups is 1. The van der Waals surface area contributed by atoms with Crippen LogP contribution < -0.4 is 20.9 Å². The van der Waals surface area contributed by atoms with Gasteiger partial charge in [-0.2, -0.15) is 5.09 Å². The molecule has 5 N–H and O–H groups in total. The Hall–Kier alpha value is -2.80. The van der Waals surface area contributed by atoms with Crippen LogP contribution in [0.2, 0.25) is 0 Å². The molecule has 1 aromatic carbocycles. The average Bonchev–Trinajstić information content (AvgIpc) is 3.06. The van der Waals surface area contributed by atoms with Gasteiger partial charge in [-0.25, -0.2) is 9.36 Å². The summed E-state index contributed by atoms with van der Waals surface area (Å²) in [7, 11) is -4.33. The molecule has 1 unspecified atom stereocenters. The lowest BCUT2D eigenvalue weighted by Crippen LogP contribution is -2.39. The summed E-state index contributed by atoms with van der Waals surface area (Å²) in [6.45, 7) is 3.01. The van der Waals surface area contributed by atoms with E-state index in [-0.39, 0.29) is 18.1 Å². The van der Waals surface area contributed by atoms with Crippen LogP contribution in [0.15, 0.2) is 52.2 Å². The fourth-order valence-corrected chi connectivity index (χ4v) is 5.00. The normalized spacial score (nSPS) is 24.7. The molecule has 6 atom stereocenters. The summed E-state index contributed by atoms with van der Waals surface area (Å²) in [5, 5.41) is 32.8. The summed E-state index contributed by atoms with van der Waals surface area (Å²) in [6, 6.07) is 7.72. The summed E-state index contributed by atoms with van der Waals surface area (Å²) < 4.78 is 30.9. The lowest BCUT2D eigenvalue weighted by molar-refractivity contribution is -0.139. The van der Waals surface area contributed by atoms with E-state index >= 15 is 0 Å². The van der Waals surface area contributed by atoms with Crippen LogP contribution in [0.4, 0.5) is 0 Å². The smallest absolute Gasteiger partial charge is 0.459 e. The molecule has 1 aliphatic rings. The molecular weight excluding hydrogens is 485 g/mol. The van der Waals surface area contributed by atoms with E-state index in [1.54, 1.807) is 32.0 Å². The van der Waals surface area contributed by atoms with Crippen molar-refractivity contribution in [3.8, 4) is 5.75 Å². The Bertz CT molecular complexity index is 1170. The van der Waals surface area contributed by atoms with E-state index in [9.17, 15) is 34.3 Å². The van der Waals surface area contributed by atoms with Crippen molar-refractivity contribution in [2.75, 3.05) is 6.61 Å². The van der Waals surface area contributed by atoms with Crippen molar-refractivity contribution in [3.63, 3.8) is 0 Å². The molecule has 2 heterocycles. The van der Waals surface area contributed by atoms with E-state index in [0.29, 0.717) is 0 Å². The molecule has 192 valence electrons. The molecule has 3 rings (SSSR count). The monoisotopic (exact) mass is 513 g/mol. The molecule has 2 aromatic rings. The van der Waals surface area contributed by atoms with E-state index in [0.717, 1.165) is 16.8 Å². The summed E-state index contributed by atoms with van der Waals surface area (Å²) in [5.74, 6) is -1.17. The number of rotatable bonds is 11. The Morgan fingerprint density at radius 2 is 1.89 bits per heavy atom. The van der Waals surface area contributed by atoms with Gasteiger partial charge in [0, 0.05) is 12.3 Å². The molecule has 0 radical (unpaired) electrons. The number of H-pyrrole nitrogens is 1. The second kappa shape index (κ2) is 11.3. The fourth-order valence-electron chi connectivity index (χ4n) is 3.48. The van der Waals surface area contributed by atoms with Crippen LogP contribution in [-0.2, 0) is 18.6 Å². The molecule has 0 saturated carbocycles. The van der Waals surface area contributed by atoms with E-state index in [2.05, 4.69) is 5.09 Å². The Morgan fingerprint density at radius 1 is 1.20 bits per heavy atom. The van der Waals surface area contributed by atoms with Crippen LogP contribution in [-0.4, -0.2) is 61.8 Å². The maximum atomic E-state index is 13.6. The Labute approximate surface area is 199 Å². The molecule has 0 spiro atoms. The van der Waals surface area contributed by atoms with E-state index in [4.69, 9.17) is 13.8 Å². The Balaban J connectivity index is 1.79. The van der Waals surface area contributed by atoms with Gasteiger partial charge in [-0.05, 0) is 24.5 Å². The predicted octanol–water partition coefficient (Wildman–Crippen LogP) is 0.448. The lowest BCUT2D eigenvalue weighted by atomic mass is 10.1. The van der Waals surface area contributed by atoms with Crippen LogP contribution in [0, 0.1) is 5.92 Å². The SMILES string of the molecule is CC(C)C[C@H](NP(=O)(OC[C@H]1O[C@@H](n2ccc(=O)[nH]c2=O)[C@H](O)[C@@H]1O)Oc1ccccc1)C(=O)O. The molecule has 14 heteroatoms. The topological polar surface area (TPSA) is 189 Å².